The van der Waals surface area contributed by atoms with Crippen molar-refractivity contribution in [3.63, 3.8) is 0 Å². The molecule has 0 saturated heterocycles. The summed E-state index contributed by atoms with van der Waals surface area (Å²) < 4.78 is 7.78. The molecule has 1 N–H and O–H groups in total. The Balaban J connectivity index is 1.59. The van der Waals surface area contributed by atoms with Crippen molar-refractivity contribution in [1.82, 2.24) is 20.1 Å². The van der Waals surface area contributed by atoms with Crippen molar-refractivity contribution in [3.05, 3.63) is 46.5 Å². The Hall–Kier alpha value is -2.21. The molecule has 0 spiro atoms. The lowest BCUT2D eigenvalue weighted by Gasteiger charge is -2.36. The summed E-state index contributed by atoms with van der Waals surface area (Å²) in [6.07, 6.45) is 4.69. The van der Waals surface area contributed by atoms with Crippen LogP contribution < -0.4 is 5.32 Å². The third-order valence-corrected chi connectivity index (χ3v) is 6.02. The van der Waals surface area contributed by atoms with Gasteiger partial charge in [0.05, 0.1) is 6.61 Å². The Labute approximate surface area is 160 Å². The molecule has 1 aromatic carbocycles. The molecule has 6 heteroatoms. The van der Waals surface area contributed by atoms with Crippen LogP contribution in [0.25, 0.3) is 0 Å². The smallest absolute Gasteiger partial charge is 0.248 e. The number of carbonyl (C=O) groups excluding carboxylic acids is 1. The molecule has 1 atom stereocenters. The highest BCUT2D eigenvalue weighted by Gasteiger charge is 2.43. The molecule has 1 aromatic heterocycles. The summed E-state index contributed by atoms with van der Waals surface area (Å²) >= 11 is 0. The van der Waals surface area contributed by atoms with Crippen molar-refractivity contribution in [2.45, 2.75) is 71.1 Å². The molecule has 1 fully saturated rings. The second-order valence-corrected chi connectivity index (χ2v) is 8.17. The minimum absolute atomic E-state index is 0.0385. The van der Waals surface area contributed by atoms with Crippen LogP contribution in [0.3, 0.4) is 0 Å². The Morgan fingerprint density at radius 3 is 2.85 bits per heavy atom. The quantitative estimate of drug-likeness (QED) is 0.900. The number of aromatic nitrogens is 3. The summed E-state index contributed by atoms with van der Waals surface area (Å²) in [5.41, 5.74) is 2.71. The van der Waals surface area contributed by atoms with Crippen molar-refractivity contribution in [2.24, 2.45) is 0 Å². The van der Waals surface area contributed by atoms with E-state index in [1.807, 2.05) is 6.92 Å². The van der Waals surface area contributed by atoms with E-state index in [4.69, 9.17) is 4.74 Å². The maximum Gasteiger partial charge on any atom is 0.248 e. The number of nitrogens with one attached hydrogen (secondary N) is 1. The van der Waals surface area contributed by atoms with Gasteiger partial charge in [-0.1, -0.05) is 36.6 Å². The van der Waals surface area contributed by atoms with Gasteiger partial charge in [0.15, 0.2) is 5.82 Å². The van der Waals surface area contributed by atoms with Crippen molar-refractivity contribution in [3.8, 4) is 0 Å². The molecule has 144 valence electrons. The first-order valence-electron chi connectivity index (χ1n) is 9.86. The average Bonchev–Trinajstić information content (AvgIpc) is 3.32. The van der Waals surface area contributed by atoms with Gasteiger partial charge in [0.2, 0.25) is 5.91 Å². The number of ether oxygens (including phenoxy) is 1. The molecule has 27 heavy (non-hydrogen) atoms. The molecule has 4 rings (SSSR count). The predicted molar refractivity (Wildman–Crippen MR) is 102 cm³/mol. The van der Waals surface area contributed by atoms with Gasteiger partial charge in [0.1, 0.15) is 18.0 Å². The summed E-state index contributed by atoms with van der Waals surface area (Å²) in [5.74, 6) is 2.07. The van der Waals surface area contributed by atoms with Crippen LogP contribution in [0.4, 0.5) is 0 Å². The van der Waals surface area contributed by atoms with Gasteiger partial charge < -0.3 is 10.1 Å². The van der Waals surface area contributed by atoms with E-state index in [2.05, 4.69) is 52.1 Å². The molecule has 1 amide bonds. The van der Waals surface area contributed by atoms with Gasteiger partial charge in [-0.2, -0.15) is 0 Å². The Bertz CT molecular complexity index is 854. The van der Waals surface area contributed by atoms with Crippen LogP contribution in [-0.2, 0) is 28.2 Å². The third-order valence-electron chi connectivity index (χ3n) is 6.02. The molecule has 0 bridgehead atoms. The highest BCUT2D eigenvalue weighted by Crippen LogP contribution is 2.37. The van der Waals surface area contributed by atoms with Crippen LogP contribution in [0, 0.1) is 13.8 Å². The largest absolute Gasteiger partial charge is 0.370 e. The van der Waals surface area contributed by atoms with E-state index >= 15 is 0 Å². The predicted octanol–water partition coefficient (Wildman–Crippen LogP) is 3.11. The number of benzene rings is 1. The first-order chi connectivity index (χ1) is 13.0. The van der Waals surface area contributed by atoms with Gasteiger partial charge in [-0.25, -0.2) is 0 Å². The Kier molecular flexibility index (Phi) is 4.76. The molecule has 2 aromatic rings. The fourth-order valence-corrected chi connectivity index (χ4v) is 4.34. The van der Waals surface area contributed by atoms with Crippen LogP contribution >= 0.6 is 0 Å². The molecular formula is C21H28N4O2. The van der Waals surface area contributed by atoms with Crippen LogP contribution in [0.15, 0.2) is 18.2 Å². The molecular weight excluding hydrogens is 340 g/mol. The van der Waals surface area contributed by atoms with E-state index in [1.165, 1.54) is 24.0 Å². The molecule has 1 unspecified atom stereocenters. The topological polar surface area (TPSA) is 69.0 Å². The molecule has 2 aliphatic rings. The minimum Gasteiger partial charge on any atom is -0.370 e. The normalized spacial score (nSPS) is 22.6. The van der Waals surface area contributed by atoms with Gasteiger partial charge in [-0.15, -0.1) is 10.2 Å². The van der Waals surface area contributed by atoms with Crippen LogP contribution in [-0.4, -0.2) is 27.3 Å². The number of rotatable bonds is 4. The maximum absolute atomic E-state index is 13.2. The average molecular weight is 368 g/mol. The number of fused-ring (bicyclic) bond motifs is 1. The standard InChI is InChI=1S/C21H28N4O2/c1-14-8-9-15(2)17(10-14)11-22-20(26)21(3)13-27-12-18-23-24-19(25(18)21)16-6-4-5-7-16/h8-10,16H,4-7,11-13H2,1-3H3,(H,22,26). The highest BCUT2D eigenvalue weighted by atomic mass is 16.5. The molecule has 0 radical (unpaired) electrons. The number of hydrogen-bond acceptors (Lipinski definition) is 4. The lowest BCUT2D eigenvalue weighted by atomic mass is 9.97. The van der Waals surface area contributed by atoms with E-state index in [1.54, 1.807) is 0 Å². The molecule has 1 aliphatic heterocycles. The van der Waals surface area contributed by atoms with Crippen molar-refractivity contribution in [2.75, 3.05) is 6.61 Å². The summed E-state index contributed by atoms with van der Waals surface area (Å²) in [5, 5.41) is 11.9. The summed E-state index contributed by atoms with van der Waals surface area (Å²) in [7, 11) is 0. The SMILES string of the molecule is Cc1ccc(C)c(CNC(=O)C2(C)COCc3nnc(C4CCCC4)n32)c1. The summed E-state index contributed by atoms with van der Waals surface area (Å²) in [6, 6.07) is 6.32. The Morgan fingerprint density at radius 1 is 1.30 bits per heavy atom. The van der Waals surface area contributed by atoms with Crippen LogP contribution in [0.5, 0.6) is 0 Å². The summed E-state index contributed by atoms with van der Waals surface area (Å²) in [6.45, 7) is 7.35. The van der Waals surface area contributed by atoms with Crippen molar-refractivity contribution in [1.29, 1.82) is 0 Å². The molecule has 1 saturated carbocycles. The number of nitrogens with zero attached hydrogens (tertiary/aromatic N) is 3. The first kappa shape index (κ1) is 18.2. The second-order valence-electron chi connectivity index (χ2n) is 8.17. The van der Waals surface area contributed by atoms with E-state index in [0.717, 1.165) is 30.1 Å². The minimum atomic E-state index is -0.813. The number of hydrogen-bond donors (Lipinski definition) is 1. The third kappa shape index (κ3) is 3.27. The fraction of sp³-hybridized carbons (Fsp3) is 0.571. The van der Waals surface area contributed by atoms with Crippen molar-refractivity contribution < 1.29 is 9.53 Å². The van der Waals surface area contributed by atoms with Crippen LogP contribution in [0.1, 0.15) is 66.9 Å². The molecule has 6 nitrogen and oxygen atoms in total. The van der Waals surface area contributed by atoms with Gasteiger partial charge in [-0.3, -0.25) is 9.36 Å². The molecule has 2 heterocycles. The molecule has 1 aliphatic carbocycles. The maximum atomic E-state index is 13.2. The zero-order chi connectivity index (χ0) is 19.0. The first-order valence-corrected chi connectivity index (χ1v) is 9.86. The number of carbonyl (C=O) groups is 1. The Morgan fingerprint density at radius 2 is 2.07 bits per heavy atom. The van der Waals surface area contributed by atoms with Gasteiger partial charge in [0.25, 0.3) is 0 Å². The van der Waals surface area contributed by atoms with E-state index in [-0.39, 0.29) is 5.91 Å². The fourth-order valence-electron chi connectivity index (χ4n) is 4.34. The zero-order valence-corrected chi connectivity index (χ0v) is 16.4. The monoisotopic (exact) mass is 368 g/mol. The van der Waals surface area contributed by atoms with Crippen molar-refractivity contribution >= 4 is 5.91 Å². The van der Waals surface area contributed by atoms with Crippen LogP contribution in [0.2, 0.25) is 0 Å². The zero-order valence-electron chi connectivity index (χ0n) is 16.4. The number of aryl methyl sites for hydroxylation is 2. The van der Waals surface area contributed by atoms with E-state index in [0.29, 0.717) is 25.7 Å². The summed E-state index contributed by atoms with van der Waals surface area (Å²) in [4.78, 5) is 13.2. The highest BCUT2D eigenvalue weighted by molar-refractivity contribution is 5.84. The lowest BCUT2D eigenvalue weighted by Crippen LogP contribution is -2.53. The van der Waals surface area contributed by atoms with E-state index < -0.39 is 5.54 Å². The van der Waals surface area contributed by atoms with E-state index in [9.17, 15) is 4.79 Å². The second kappa shape index (κ2) is 7.08. The van der Waals surface area contributed by atoms with Gasteiger partial charge in [0, 0.05) is 12.5 Å². The lowest BCUT2D eigenvalue weighted by molar-refractivity contribution is -0.135. The van der Waals surface area contributed by atoms with Gasteiger partial charge >= 0.3 is 0 Å². The number of amides is 1. The van der Waals surface area contributed by atoms with Gasteiger partial charge in [-0.05, 0) is 44.7 Å².